The van der Waals surface area contributed by atoms with Gasteiger partial charge in [-0.1, -0.05) is 22.9 Å². The van der Waals surface area contributed by atoms with Crippen molar-refractivity contribution in [2.45, 2.75) is 39.2 Å². The number of nitrogens with one attached hydrogen (secondary N) is 2. The van der Waals surface area contributed by atoms with E-state index in [1.54, 1.807) is 6.20 Å². The van der Waals surface area contributed by atoms with E-state index >= 15 is 0 Å². The molecule has 1 fully saturated rings. The molecule has 6 heteroatoms. The van der Waals surface area contributed by atoms with Gasteiger partial charge in [-0.15, -0.1) is 0 Å². The molecule has 27 heavy (non-hydrogen) atoms. The summed E-state index contributed by atoms with van der Waals surface area (Å²) in [5, 5.41) is 6.28. The number of aromatic nitrogens is 2. The number of fused-ring (bicyclic) bond motifs is 3. The SMILES string of the molecule is CCCN1CCCC(Nc2nc3c(C)c[nH]c(=O)c3c3cc(Br)ccc23)C1. The number of hydrogen-bond donors (Lipinski definition) is 2. The van der Waals surface area contributed by atoms with E-state index in [2.05, 4.69) is 38.1 Å². The minimum atomic E-state index is -0.0930. The number of anilines is 1. The Bertz CT molecular complexity index is 1040. The highest BCUT2D eigenvalue weighted by Crippen LogP contribution is 2.31. The van der Waals surface area contributed by atoms with Gasteiger partial charge in [-0.25, -0.2) is 4.98 Å². The first-order chi connectivity index (χ1) is 13.1. The zero-order chi connectivity index (χ0) is 19.0. The molecule has 0 aliphatic carbocycles. The zero-order valence-corrected chi connectivity index (χ0v) is 17.4. The van der Waals surface area contributed by atoms with Crippen LogP contribution in [0.2, 0.25) is 0 Å². The molecular weight excluding hydrogens is 404 g/mol. The van der Waals surface area contributed by atoms with Crippen LogP contribution in [0.15, 0.2) is 33.7 Å². The Hall–Kier alpha value is -1.92. The van der Waals surface area contributed by atoms with Crippen LogP contribution in [-0.4, -0.2) is 40.5 Å². The predicted octanol–water partition coefficient (Wildman–Crippen LogP) is 4.43. The minimum absolute atomic E-state index is 0.0930. The predicted molar refractivity (Wildman–Crippen MR) is 116 cm³/mol. The molecule has 1 aliphatic heterocycles. The number of rotatable bonds is 4. The number of pyridine rings is 2. The second kappa shape index (κ2) is 7.60. The Morgan fingerprint density at radius 2 is 2.22 bits per heavy atom. The van der Waals surface area contributed by atoms with Crippen LogP contribution in [0.1, 0.15) is 31.7 Å². The Morgan fingerprint density at radius 1 is 1.37 bits per heavy atom. The molecule has 3 aromatic rings. The lowest BCUT2D eigenvalue weighted by Crippen LogP contribution is -2.42. The van der Waals surface area contributed by atoms with Crippen LogP contribution >= 0.6 is 15.9 Å². The average Bonchev–Trinajstić information content (AvgIpc) is 2.65. The quantitative estimate of drug-likeness (QED) is 0.603. The molecule has 1 aromatic carbocycles. The molecule has 0 bridgehead atoms. The van der Waals surface area contributed by atoms with Crippen molar-refractivity contribution in [3.63, 3.8) is 0 Å². The third kappa shape index (κ3) is 3.60. The van der Waals surface area contributed by atoms with Gasteiger partial charge in [-0.05, 0) is 63.0 Å². The van der Waals surface area contributed by atoms with Crippen LogP contribution in [0, 0.1) is 6.92 Å². The summed E-state index contributed by atoms with van der Waals surface area (Å²) in [7, 11) is 0. The van der Waals surface area contributed by atoms with Gasteiger partial charge in [0.2, 0.25) is 0 Å². The summed E-state index contributed by atoms with van der Waals surface area (Å²) < 4.78 is 0.959. The van der Waals surface area contributed by atoms with Gasteiger partial charge in [-0.3, -0.25) is 4.79 Å². The third-order valence-corrected chi connectivity index (χ3v) is 5.87. The molecule has 0 saturated carbocycles. The van der Waals surface area contributed by atoms with Gasteiger partial charge in [0.1, 0.15) is 5.82 Å². The van der Waals surface area contributed by atoms with Crippen molar-refractivity contribution in [1.29, 1.82) is 0 Å². The van der Waals surface area contributed by atoms with Crippen molar-refractivity contribution in [3.05, 3.63) is 44.8 Å². The zero-order valence-electron chi connectivity index (χ0n) is 15.8. The molecule has 1 saturated heterocycles. The second-order valence-corrected chi connectivity index (χ2v) is 8.37. The second-order valence-electron chi connectivity index (χ2n) is 7.46. The van der Waals surface area contributed by atoms with Crippen LogP contribution in [0.4, 0.5) is 5.82 Å². The van der Waals surface area contributed by atoms with Crippen LogP contribution < -0.4 is 10.9 Å². The van der Waals surface area contributed by atoms with Crippen molar-refractivity contribution >= 4 is 43.4 Å². The Balaban J connectivity index is 1.82. The number of likely N-dealkylation sites (tertiary alicyclic amines) is 1. The van der Waals surface area contributed by atoms with Gasteiger partial charge < -0.3 is 15.2 Å². The average molecular weight is 429 g/mol. The van der Waals surface area contributed by atoms with E-state index in [0.717, 1.165) is 51.7 Å². The fourth-order valence-corrected chi connectivity index (χ4v) is 4.47. The van der Waals surface area contributed by atoms with Crippen LogP contribution in [0.3, 0.4) is 0 Å². The molecule has 1 aliphatic rings. The summed E-state index contributed by atoms with van der Waals surface area (Å²) in [4.78, 5) is 22.8. The fourth-order valence-electron chi connectivity index (χ4n) is 4.11. The topological polar surface area (TPSA) is 61.0 Å². The van der Waals surface area contributed by atoms with Gasteiger partial charge in [0.05, 0.1) is 10.9 Å². The Labute approximate surface area is 167 Å². The van der Waals surface area contributed by atoms with Crippen molar-refractivity contribution in [3.8, 4) is 0 Å². The van der Waals surface area contributed by atoms with Gasteiger partial charge in [0.15, 0.2) is 0 Å². The lowest BCUT2D eigenvalue weighted by molar-refractivity contribution is 0.217. The van der Waals surface area contributed by atoms with Crippen molar-refractivity contribution in [1.82, 2.24) is 14.9 Å². The molecule has 0 spiro atoms. The maximum absolute atomic E-state index is 12.5. The standard InChI is InChI=1S/C21H25BrN4O/c1-3-8-26-9-4-5-15(12-26)24-20-16-7-6-14(22)10-17(16)18-19(25-20)13(2)11-23-21(18)27/h6-7,10-11,15H,3-5,8-9,12H2,1-2H3,(H,23,27)(H,24,25). The summed E-state index contributed by atoms with van der Waals surface area (Å²) >= 11 is 3.55. The van der Waals surface area contributed by atoms with Gasteiger partial charge in [-0.2, -0.15) is 0 Å². The third-order valence-electron chi connectivity index (χ3n) is 5.37. The molecule has 2 N–H and O–H groups in total. The first-order valence-corrected chi connectivity index (χ1v) is 10.5. The molecule has 0 radical (unpaired) electrons. The first-order valence-electron chi connectivity index (χ1n) is 9.67. The lowest BCUT2D eigenvalue weighted by atomic mass is 10.0. The number of hydrogen-bond acceptors (Lipinski definition) is 4. The number of aromatic amines is 1. The minimum Gasteiger partial charge on any atom is -0.366 e. The fraction of sp³-hybridized carbons (Fsp3) is 0.429. The summed E-state index contributed by atoms with van der Waals surface area (Å²) in [5.74, 6) is 0.877. The van der Waals surface area contributed by atoms with Crippen LogP contribution in [0.25, 0.3) is 21.7 Å². The number of halogens is 1. The van der Waals surface area contributed by atoms with E-state index in [-0.39, 0.29) is 5.56 Å². The molecule has 1 atom stereocenters. The van der Waals surface area contributed by atoms with Gasteiger partial charge in [0, 0.05) is 34.0 Å². The molecule has 5 nitrogen and oxygen atoms in total. The van der Waals surface area contributed by atoms with E-state index < -0.39 is 0 Å². The van der Waals surface area contributed by atoms with E-state index in [1.807, 2.05) is 25.1 Å². The molecule has 2 aromatic heterocycles. The number of piperidine rings is 1. The normalized spacial score (nSPS) is 18.3. The summed E-state index contributed by atoms with van der Waals surface area (Å²) in [6, 6.07) is 6.45. The van der Waals surface area contributed by atoms with Crippen molar-refractivity contribution in [2.24, 2.45) is 0 Å². The maximum Gasteiger partial charge on any atom is 0.258 e. The monoisotopic (exact) mass is 428 g/mol. The van der Waals surface area contributed by atoms with Crippen LogP contribution in [0.5, 0.6) is 0 Å². The van der Waals surface area contributed by atoms with Crippen molar-refractivity contribution in [2.75, 3.05) is 25.0 Å². The summed E-state index contributed by atoms with van der Waals surface area (Å²) in [6.07, 6.45) is 5.27. The van der Waals surface area contributed by atoms with Gasteiger partial charge in [0.25, 0.3) is 5.56 Å². The molecule has 0 amide bonds. The molecule has 3 heterocycles. The number of benzene rings is 1. The van der Waals surface area contributed by atoms with Crippen molar-refractivity contribution < 1.29 is 0 Å². The number of H-pyrrole nitrogens is 1. The Kier molecular flexibility index (Phi) is 5.19. The largest absolute Gasteiger partial charge is 0.366 e. The molecular formula is C21H25BrN4O. The highest BCUT2D eigenvalue weighted by Gasteiger charge is 2.21. The first kappa shape index (κ1) is 18.4. The summed E-state index contributed by atoms with van der Waals surface area (Å²) in [6.45, 7) is 7.58. The number of nitrogens with zero attached hydrogens (tertiary/aromatic N) is 2. The van der Waals surface area contributed by atoms with Gasteiger partial charge >= 0.3 is 0 Å². The molecule has 4 rings (SSSR count). The van der Waals surface area contributed by atoms with E-state index in [0.29, 0.717) is 11.4 Å². The molecule has 142 valence electrons. The number of aryl methyl sites for hydroxylation is 1. The Morgan fingerprint density at radius 3 is 3.04 bits per heavy atom. The smallest absolute Gasteiger partial charge is 0.258 e. The maximum atomic E-state index is 12.5. The highest BCUT2D eigenvalue weighted by atomic mass is 79.9. The highest BCUT2D eigenvalue weighted by molar-refractivity contribution is 9.10. The molecule has 1 unspecified atom stereocenters. The van der Waals surface area contributed by atoms with E-state index in [9.17, 15) is 4.79 Å². The van der Waals surface area contributed by atoms with E-state index in [4.69, 9.17) is 4.98 Å². The van der Waals surface area contributed by atoms with E-state index in [1.165, 1.54) is 19.4 Å². The van der Waals surface area contributed by atoms with Crippen LogP contribution in [-0.2, 0) is 0 Å². The lowest BCUT2D eigenvalue weighted by Gasteiger charge is -2.33. The summed E-state index contributed by atoms with van der Waals surface area (Å²) in [5.41, 5.74) is 1.66.